The number of anilines is 1. The Morgan fingerprint density at radius 3 is 2.56 bits per heavy atom. The third kappa shape index (κ3) is 4.62. The molecule has 1 heterocycles. The molecule has 1 atom stereocenters. The van der Waals surface area contributed by atoms with Crippen LogP contribution in [-0.2, 0) is 10.0 Å². The highest BCUT2D eigenvalue weighted by atomic mass is 32.2. The number of nitrogen functional groups attached to an aromatic ring is 1. The zero-order chi connectivity index (χ0) is 13.8. The maximum Gasteiger partial charge on any atom is 0.240 e. The lowest BCUT2D eigenvalue weighted by Crippen LogP contribution is -2.32. The summed E-state index contributed by atoms with van der Waals surface area (Å²) in [6.07, 6.45) is 3.20. The van der Waals surface area contributed by atoms with Crippen LogP contribution in [0, 0.1) is 5.92 Å². The number of nitrogens with zero attached hydrogens (tertiary/aromatic N) is 1. The van der Waals surface area contributed by atoms with Crippen LogP contribution in [0.3, 0.4) is 0 Å². The van der Waals surface area contributed by atoms with Crippen molar-refractivity contribution in [1.29, 1.82) is 0 Å². The normalized spacial score (nSPS) is 13.8. The predicted molar refractivity (Wildman–Crippen MR) is 72.5 cm³/mol. The van der Waals surface area contributed by atoms with Crippen molar-refractivity contribution in [3.63, 3.8) is 0 Å². The van der Waals surface area contributed by atoms with Gasteiger partial charge in [0.15, 0.2) is 0 Å². The van der Waals surface area contributed by atoms with E-state index in [1.807, 2.05) is 6.92 Å². The Morgan fingerprint density at radius 1 is 1.33 bits per heavy atom. The topological polar surface area (TPSA) is 85.1 Å². The first kappa shape index (κ1) is 14.9. The van der Waals surface area contributed by atoms with Gasteiger partial charge in [-0.1, -0.05) is 13.8 Å². The Kier molecular flexibility index (Phi) is 5.10. The Labute approximate surface area is 109 Å². The van der Waals surface area contributed by atoms with Gasteiger partial charge in [-0.05, 0) is 31.7 Å². The van der Waals surface area contributed by atoms with Gasteiger partial charge < -0.3 is 5.73 Å². The SMILES string of the molecule is CC(C)CCC(C)NS(=O)(=O)c1ccnc(N)c1. The van der Waals surface area contributed by atoms with Crippen LogP contribution in [0.1, 0.15) is 33.6 Å². The number of nitrogens with one attached hydrogen (secondary N) is 1. The first-order valence-corrected chi connectivity index (χ1v) is 7.53. The molecule has 1 aromatic rings. The number of aromatic nitrogens is 1. The van der Waals surface area contributed by atoms with Gasteiger partial charge in [0.2, 0.25) is 10.0 Å². The highest BCUT2D eigenvalue weighted by Gasteiger charge is 2.17. The minimum atomic E-state index is -3.50. The van der Waals surface area contributed by atoms with Gasteiger partial charge in [-0.3, -0.25) is 0 Å². The summed E-state index contributed by atoms with van der Waals surface area (Å²) in [5, 5.41) is 0. The van der Waals surface area contributed by atoms with Gasteiger partial charge in [0.05, 0.1) is 4.90 Å². The van der Waals surface area contributed by atoms with E-state index in [9.17, 15) is 8.42 Å². The van der Waals surface area contributed by atoms with Crippen molar-refractivity contribution in [3.8, 4) is 0 Å². The highest BCUT2D eigenvalue weighted by molar-refractivity contribution is 7.89. The molecule has 0 aliphatic carbocycles. The number of sulfonamides is 1. The molecule has 0 radical (unpaired) electrons. The molecule has 0 spiro atoms. The molecular formula is C12H21N3O2S. The smallest absolute Gasteiger partial charge is 0.240 e. The fraction of sp³-hybridized carbons (Fsp3) is 0.583. The Balaban J connectivity index is 2.70. The third-order valence-electron chi connectivity index (χ3n) is 2.60. The molecule has 18 heavy (non-hydrogen) atoms. The number of nitrogens with two attached hydrogens (primary N) is 1. The molecule has 0 saturated heterocycles. The van der Waals surface area contributed by atoms with Crippen molar-refractivity contribution in [2.75, 3.05) is 5.73 Å². The van der Waals surface area contributed by atoms with Crippen LogP contribution in [0.4, 0.5) is 5.82 Å². The molecule has 1 unspecified atom stereocenters. The Hall–Kier alpha value is -1.14. The molecule has 0 fully saturated rings. The molecule has 6 heteroatoms. The zero-order valence-electron chi connectivity index (χ0n) is 11.1. The van der Waals surface area contributed by atoms with E-state index in [1.165, 1.54) is 18.3 Å². The van der Waals surface area contributed by atoms with E-state index in [-0.39, 0.29) is 16.8 Å². The molecule has 0 aromatic carbocycles. The summed E-state index contributed by atoms with van der Waals surface area (Å²) in [7, 11) is -3.50. The number of pyridine rings is 1. The van der Waals surface area contributed by atoms with Crippen LogP contribution in [0.2, 0.25) is 0 Å². The summed E-state index contributed by atoms with van der Waals surface area (Å²) in [5.41, 5.74) is 5.48. The van der Waals surface area contributed by atoms with Crippen molar-refractivity contribution >= 4 is 15.8 Å². The van der Waals surface area contributed by atoms with Crippen LogP contribution in [0.25, 0.3) is 0 Å². The molecule has 0 aliphatic rings. The van der Waals surface area contributed by atoms with E-state index in [0.29, 0.717) is 5.92 Å². The average molecular weight is 271 g/mol. The second-order valence-corrected chi connectivity index (χ2v) is 6.62. The fourth-order valence-electron chi connectivity index (χ4n) is 1.57. The molecule has 0 aliphatic heterocycles. The highest BCUT2D eigenvalue weighted by Crippen LogP contribution is 2.13. The minimum absolute atomic E-state index is 0.0909. The summed E-state index contributed by atoms with van der Waals surface area (Å²) < 4.78 is 26.7. The monoisotopic (exact) mass is 271 g/mol. The molecular weight excluding hydrogens is 250 g/mol. The third-order valence-corrected chi connectivity index (χ3v) is 4.18. The number of hydrogen-bond donors (Lipinski definition) is 2. The van der Waals surface area contributed by atoms with Crippen LogP contribution < -0.4 is 10.5 Å². The minimum Gasteiger partial charge on any atom is -0.384 e. The van der Waals surface area contributed by atoms with E-state index in [1.54, 1.807) is 0 Å². The van der Waals surface area contributed by atoms with Crippen molar-refractivity contribution < 1.29 is 8.42 Å². The molecule has 3 N–H and O–H groups in total. The van der Waals surface area contributed by atoms with Gasteiger partial charge in [-0.25, -0.2) is 18.1 Å². The first-order chi connectivity index (χ1) is 8.31. The summed E-state index contributed by atoms with van der Waals surface area (Å²) in [5.74, 6) is 0.765. The van der Waals surface area contributed by atoms with Crippen molar-refractivity contribution in [2.45, 2.75) is 44.6 Å². The van der Waals surface area contributed by atoms with Crippen LogP contribution in [0.5, 0.6) is 0 Å². The Bertz CT molecular complexity index is 486. The zero-order valence-corrected chi connectivity index (χ0v) is 11.9. The van der Waals surface area contributed by atoms with E-state index < -0.39 is 10.0 Å². The van der Waals surface area contributed by atoms with Gasteiger partial charge in [-0.2, -0.15) is 0 Å². The molecule has 102 valence electrons. The van der Waals surface area contributed by atoms with Gasteiger partial charge in [-0.15, -0.1) is 0 Å². The van der Waals surface area contributed by atoms with E-state index in [0.717, 1.165) is 12.8 Å². The molecule has 5 nitrogen and oxygen atoms in total. The standard InChI is InChI=1S/C12H21N3O2S/c1-9(2)4-5-10(3)15-18(16,17)11-6-7-14-12(13)8-11/h6-10,15H,4-5H2,1-3H3,(H2,13,14). The summed E-state index contributed by atoms with van der Waals surface area (Å²) in [4.78, 5) is 3.94. The van der Waals surface area contributed by atoms with Crippen LogP contribution in [0.15, 0.2) is 23.2 Å². The maximum atomic E-state index is 12.0. The van der Waals surface area contributed by atoms with Crippen LogP contribution in [-0.4, -0.2) is 19.4 Å². The summed E-state index contributed by atoms with van der Waals surface area (Å²) in [6.45, 7) is 6.10. The van der Waals surface area contributed by atoms with Crippen molar-refractivity contribution in [3.05, 3.63) is 18.3 Å². The largest absolute Gasteiger partial charge is 0.384 e. The molecule has 1 aromatic heterocycles. The van der Waals surface area contributed by atoms with Gasteiger partial charge >= 0.3 is 0 Å². The van der Waals surface area contributed by atoms with E-state index in [4.69, 9.17) is 5.73 Å². The molecule has 0 bridgehead atoms. The lowest BCUT2D eigenvalue weighted by atomic mass is 10.1. The lowest BCUT2D eigenvalue weighted by Gasteiger charge is -2.15. The fourth-order valence-corrected chi connectivity index (χ4v) is 2.87. The van der Waals surface area contributed by atoms with E-state index >= 15 is 0 Å². The molecule has 1 rings (SSSR count). The first-order valence-electron chi connectivity index (χ1n) is 6.05. The molecule has 0 amide bonds. The van der Waals surface area contributed by atoms with E-state index in [2.05, 4.69) is 23.6 Å². The summed E-state index contributed by atoms with van der Waals surface area (Å²) in [6, 6.07) is 2.71. The van der Waals surface area contributed by atoms with Gasteiger partial charge in [0.1, 0.15) is 5.82 Å². The lowest BCUT2D eigenvalue weighted by molar-refractivity contribution is 0.485. The summed E-state index contributed by atoms with van der Waals surface area (Å²) >= 11 is 0. The molecule has 0 saturated carbocycles. The number of hydrogen-bond acceptors (Lipinski definition) is 4. The van der Waals surface area contributed by atoms with Crippen molar-refractivity contribution in [1.82, 2.24) is 9.71 Å². The van der Waals surface area contributed by atoms with Gasteiger partial charge in [0, 0.05) is 18.3 Å². The predicted octanol–water partition coefficient (Wildman–Crippen LogP) is 1.77. The second-order valence-electron chi connectivity index (χ2n) is 4.91. The maximum absolute atomic E-state index is 12.0. The van der Waals surface area contributed by atoms with Gasteiger partial charge in [0.25, 0.3) is 0 Å². The Morgan fingerprint density at radius 2 is 2.00 bits per heavy atom. The van der Waals surface area contributed by atoms with Crippen LogP contribution >= 0.6 is 0 Å². The second kappa shape index (κ2) is 6.15. The number of rotatable bonds is 6. The quantitative estimate of drug-likeness (QED) is 0.825. The van der Waals surface area contributed by atoms with Crippen molar-refractivity contribution in [2.24, 2.45) is 5.92 Å². The average Bonchev–Trinajstić information content (AvgIpc) is 2.26.